The van der Waals surface area contributed by atoms with Gasteiger partial charge in [-0.15, -0.1) is 0 Å². The van der Waals surface area contributed by atoms with Gasteiger partial charge in [-0.05, 0) is 86.7 Å². The molecule has 0 radical (unpaired) electrons. The van der Waals surface area contributed by atoms with Crippen LogP contribution in [0.3, 0.4) is 0 Å². The smallest absolute Gasteiger partial charge is 0.159 e. The van der Waals surface area contributed by atoms with Crippen LogP contribution in [0.15, 0.2) is 36.7 Å². The summed E-state index contributed by atoms with van der Waals surface area (Å²) in [7, 11) is 0. The Labute approximate surface area is 264 Å². The summed E-state index contributed by atoms with van der Waals surface area (Å²) in [5.41, 5.74) is 3.78. The highest BCUT2D eigenvalue weighted by atomic mass is 14.9. The maximum absolute atomic E-state index is 10.0. The van der Waals surface area contributed by atoms with Crippen molar-refractivity contribution in [2.45, 2.75) is 173 Å². The Balaban J connectivity index is 1.18. The highest BCUT2D eigenvalue weighted by Crippen LogP contribution is 2.46. The fourth-order valence-corrected chi connectivity index (χ4v) is 7.94. The standard InChI is InChI=1S/C40H61N3/c1-3-5-7-9-11-13-15-27-40(32-41)28-25-36(26-29-40)34-21-23-37(24-22-34)39-42-30-38(31-43-39)35-19-17-33(18-20-35)16-14-12-10-8-6-4-2/h21-24,30-31,33,35-36H,3-20,25-29H2,1-2H3/t33-,35-,36-,40-. The Morgan fingerprint density at radius 1 is 0.651 bits per heavy atom. The highest BCUT2D eigenvalue weighted by Gasteiger charge is 2.35. The zero-order chi connectivity index (χ0) is 30.2. The number of nitrogens with zero attached hydrogens (tertiary/aromatic N) is 3. The lowest BCUT2D eigenvalue weighted by Gasteiger charge is -2.35. The lowest BCUT2D eigenvalue weighted by Crippen LogP contribution is -2.25. The Morgan fingerprint density at radius 3 is 1.77 bits per heavy atom. The van der Waals surface area contributed by atoms with Crippen LogP contribution in [0.25, 0.3) is 11.4 Å². The number of hydrogen-bond acceptors (Lipinski definition) is 3. The Kier molecular flexibility index (Phi) is 14.5. The molecule has 2 aliphatic rings. The highest BCUT2D eigenvalue weighted by molar-refractivity contribution is 5.55. The van der Waals surface area contributed by atoms with Crippen molar-refractivity contribution in [3.05, 3.63) is 47.8 Å². The summed E-state index contributed by atoms with van der Waals surface area (Å²) in [5.74, 6) is 2.99. The van der Waals surface area contributed by atoms with Gasteiger partial charge in [0.25, 0.3) is 0 Å². The van der Waals surface area contributed by atoms with Gasteiger partial charge >= 0.3 is 0 Å². The summed E-state index contributed by atoms with van der Waals surface area (Å²) < 4.78 is 0. The molecule has 0 aliphatic heterocycles. The molecule has 0 saturated heterocycles. The second-order valence-electron chi connectivity index (χ2n) is 14.3. The summed E-state index contributed by atoms with van der Waals surface area (Å²) >= 11 is 0. The molecule has 0 spiro atoms. The SMILES string of the molecule is CCCCCCCCC[C@]1(C#N)CC[C@H](c2ccc(-c3ncc([C@H]4CC[C@H](CCCCCCCC)CC4)cn3)cc2)CC1. The maximum Gasteiger partial charge on any atom is 0.159 e. The Bertz CT molecular complexity index is 1050. The van der Waals surface area contributed by atoms with E-state index >= 15 is 0 Å². The van der Waals surface area contributed by atoms with Crippen molar-refractivity contribution in [2.75, 3.05) is 0 Å². The number of benzene rings is 1. The molecule has 2 saturated carbocycles. The van der Waals surface area contributed by atoms with Crippen molar-refractivity contribution < 1.29 is 0 Å². The van der Waals surface area contributed by atoms with Gasteiger partial charge in [-0.25, -0.2) is 9.97 Å². The third-order valence-corrected chi connectivity index (χ3v) is 11.0. The predicted octanol–water partition coefficient (Wildman–Crippen LogP) is 12.5. The summed E-state index contributed by atoms with van der Waals surface area (Å²) in [5, 5.41) is 10.0. The van der Waals surface area contributed by atoms with Gasteiger partial charge in [0.1, 0.15) is 0 Å². The molecular weight excluding hydrogens is 522 g/mol. The normalized spacial score (nSPS) is 24.1. The minimum Gasteiger partial charge on any atom is -0.236 e. The molecule has 0 N–H and O–H groups in total. The van der Waals surface area contributed by atoms with Crippen molar-refractivity contribution in [1.82, 2.24) is 9.97 Å². The van der Waals surface area contributed by atoms with Crippen LogP contribution in [0.1, 0.15) is 184 Å². The molecule has 1 aromatic heterocycles. The van der Waals surface area contributed by atoms with Crippen molar-refractivity contribution >= 4 is 0 Å². The van der Waals surface area contributed by atoms with E-state index in [2.05, 4.69) is 56.6 Å². The van der Waals surface area contributed by atoms with Crippen molar-refractivity contribution in [2.24, 2.45) is 11.3 Å². The quantitative estimate of drug-likeness (QED) is 0.164. The number of unbranched alkanes of at least 4 members (excludes halogenated alkanes) is 11. The average Bonchev–Trinajstić information content (AvgIpc) is 3.07. The maximum atomic E-state index is 10.0. The van der Waals surface area contributed by atoms with Crippen LogP contribution >= 0.6 is 0 Å². The summed E-state index contributed by atoms with van der Waals surface area (Å²) in [6.45, 7) is 4.57. The molecule has 0 atom stereocenters. The van der Waals surface area contributed by atoms with E-state index < -0.39 is 0 Å². The largest absolute Gasteiger partial charge is 0.236 e. The van der Waals surface area contributed by atoms with E-state index in [1.807, 2.05) is 0 Å². The first-order chi connectivity index (χ1) is 21.2. The van der Waals surface area contributed by atoms with Crippen LogP contribution in [0.5, 0.6) is 0 Å². The van der Waals surface area contributed by atoms with Crippen LogP contribution in [0.4, 0.5) is 0 Å². The van der Waals surface area contributed by atoms with Crippen molar-refractivity contribution in [3.8, 4) is 17.5 Å². The number of rotatable bonds is 18. The second kappa shape index (κ2) is 18.6. The Hall–Kier alpha value is -2.21. The molecule has 0 unspecified atom stereocenters. The van der Waals surface area contributed by atoms with Gasteiger partial charge in [0.15, 0.2) is 5.82 Å². The summed E-state index contributed by atoms with van der Waals surface area (Å²) in [6.07, 6.45) is 34.2. The van der Waals surface area contributed by atoms with Gasteiger partial charge in [-0.2, -0.15) is 5.26 Å². The van der Waals surface area contributed by atoms with Crippen LogP contribution in [0, 0.1) is 22.7 Å². The van der Waals surface area contributed by atoms with E-state index in [0.29, 0.717) is 11.8 Å². The van der Waals surface area contributed by atoms with Crippen LogP contribution in [-0.4, -0.2) is 9.97 Å². The second-order valence-corrected chi connectivity index (χ2v) is 14.3. The van der Waals surface area contributed by atoms with E-state index in [9.17, 15) is 5.26 Å². The van der Waals surface area contributed by atoms with Crippen LogP contribution in [-0.2, 0) is 0 Å². The third-order valence-electron chi connectivity index (χ3n) is 11.0. The van der Waals surface area contributed by atoms with Gasteiger partial charge in [0.05, 0.1) is 11.5 Å². The molecule has 43 heavy (non-hydrogen) atoms. The summed E-state index contributed by atoms with van der Waals surface area (Å²) in [6, 6.07) is 11.8. The molecule has 236 valence electrons. The van der Waals surface area contributed by atoms with E-state index in [1.165, 1.54) is 127 Å². The first-order valence-corrected chi connectivity index (χ1v) is 18.5. The lowest BCUT2D eigenvalue weighted by atomic mass is 9.67. The van der Waals surface area contributed by atoms with E-state index in [0.717, 1.165) is 49.4 Å². The molecule has 3 heteroatoms. The molecule has 0 amide bonds. The fourth-order valence-electron chi connectivity index (χ4n) is 7.94. The van der Waals surface area contributed by atoms with E-state index in [4.69, 9.17) is 9.97 Å². The zero-order valence-electron chi connectivity index (χ0n) is 27.8. The van der Waals surface area contributed by atoms with Crippen molar-refractivity contribution in [1.29, 1.82) is 5.26 Å². The number of aromatic nitrogens is 2. The van der Waals surface area contributed by atoms with Gasteiger partial charge in [0, 0.05) is 18.0 Å². The van der Waals surface area contributed by atoms with Gasteiger partial charge < -0.3 is 0 Å². The number of nitriles is 1. The molecule has 1 aromatic carbocycles. The first kappa shape index (κ1) is 33.7. The minimum absolute atomic E-state index is 0.0808. The molecule has 2 aromatic rings. The molecule has 1 heterocycles. The van der Waals surface area contributed by atoms with Gasteiger partial charge in [-0.1, -0.05) is 128 Å². The zero-order valence-corrected chi connectivity index (χ0v) is 27.8. The molecule has 2 fully saturated rings. The first-order valence-electron chi connectivity index (χ1n) is 18.5. The minimum atomic E-state index is -0.0808. The molecule has 2 aliphatic carbocycles. The third kappa shape index (κ3) is 10.7. The van der Waals surface area contributed by atoms with E-state index in [1.54, 1.807) is 0 Å². The van der Waals surface area contributed by atoms with Crippen LogP contribution < -0.4 is 0 Å². The molecule has 4 rings (SSSR count). The molecular formula is C40H61N3. The van der Waals surface area contributed by atoms with Gasteiger partial charge in [-0.3, -0.25) is 0 Å². The van der Waals surface area contributed by atoms with Crippen molar-refractivity contribution in [3.63, 3.8) is 0 Å². The predicted molar refractivity (Wildman–Crippen MR) is 182 cm³/mol. The summed E-state index contributed by atoms with van der Waals surface area (Å²) in [4.78, 5) is 9.62. The lowest BCUT2D eigenvalue weighted by molar-refractivity contribution is 0.223. The monoisotopic (exact) mass is 583 g/mol. The number of hydrogen-bond donors (Lipinski definition) is 0. The topological polar surface area (TPSA) is 49.6 Å². The molecule has 0 bridgehead atoms. The molecule has 3 nitrogen and oxygen atoms in total. The fraction of sp³-hybridized carbons (Fsp3) is 0.725. The van der Waals surface area contributed by atoms with Crippen LogP contribution in [0.2, 0.25) is 0 Å². The average molecular weight is 584 g/mol. The van der Waals surface area contributed by atoms with E-state index in [-0.39, 0.29) is 5.41 Å². The Morgan fingerprint density at radius 2 is 1.19 bits per heavy atom. The van der Waals surface area contributed by atoms with Gasteiger partial charge in [0.2, 0.25) is 0 Å².